The second-order valence-corrected chi connectivity index (χ2v) is 26.2. The first-order valence-electron chi connectivity index (χ1n) is 34.0. The van der Waals surface area contributed by atoms with Gasteiger partial charge in [-0.1, -0.05) is 0 Å². The molecule has 3 aliphatic heterocycles. The van der Waals surface area contributed by atoms with E-state index in [4.69, 9.17) is 56.8 Å². The molecule has 2 saturated heterocycles. The van der Waals surface area contributed by atoms with E-state index in [1.807, 2.05) is 0 Å². The fourth-order valence-electron chi connectivity index (χ4n) is 12.2. The summed E-state index contributed by atoms with van der Waals surface area (Å²) in [5.41, 5.74) is -12.9. The van der Waals surface area contributed by atoms with Crippen LogP contribution in [-0.4, -0.2) is 266 Å². The molecule has 3 heterocycles. The van der Waals surface area contributed by atoms with Gasteiger partial charge < -0.3 is 195 Å². The quantitative estimate of drug-likeness (QED) is 0.0354. The van der Waals surface area contributed by atoms with E-state index in [1.165, 1.54) is 0 Å². The minimum Gasteiger partial charge on any atom is -0.504 e. The molecule has 3 aliphatic rings. The number of aromatic hydroxyl groups is 26. The van der Waals surface area contributed by atoms with E-state index in [1.54, 1.807) is 0 Å². The molecule has 48 nitrogen and oxygen atoms in total. The Morgan fingerprint density at radius 1 is 0.309 bits per heavy atom. The lowest BCUT2D eigenvalue weighted by Crippen LogP contribution is -2.63. The van der Waals surface area contributed by atoms with Gasteiger partial charge in [-0.25, -0.2) is 43.2 Å². The maximum atomic E-state index is 15.7. The van der Waals surface area contributed by atoms with E-state index in [-0.39, 0.29) is 18.2 Å². The van der Waals surface area contributed by atoms with E-state index in [0.29, 0.717) is 72.8 Å². The van der Waals surface area contributed by atoms with Crippen molar-refractivity contribution in [3.63, 3.8) is 0 Å². The molecule has 644 valence electrons. The van der Waals surface area contributed by atoms with Crippen LogP contribution in [0.3, 0.4) is 0 Å². The van der Waals surface area contributed by atoms with Crippen molar-refractivity contribution in [2.24, 2.45) is 0 Å². The molecule has 9 aromatic carbocycles. The largest absolute Gasteiger partial charge is 0.504 e. The number of ether oxygens (including phenoxy) is 12. The summed E-state index contributed by atoms with van der Waals surface area (Å²) < 4.78 is 67.4. The minimum atomic E-state index is -2.87. The van der Waals surface area contributed by atoms with E-state index in [2.05, 4.69) is 0 Å². The number of cyclic esters (lactones) is 1. The van der Waals surface area contributed by atoms with Gasteiger partial charge in [0.1, 0.15) is 42.8 Å². The number of rotatable bonds is 17. The molecule has 0 radical (unpaired) electrons. The van der Waals surface area contributed by atoms with Gasteiger partial charge in [0.05, 0.1) is 44.5 Å². The summed E-state index contributed by atoms with van der Waals surface area (Å²) in [6.07, 6.45) is -27.2. The van der Waals surface area contributed by atoms with E-state index >= 15 is 4.79 Å². The highest BCUT2D eigenvalue weighted by molar-refractivity contribution is 6.09. The number of carbonyl (C=O) groups excluding carboxylic acids is 9. The lowest BCUT2D eigenvalue weighted by molar-refractivity contribution is -0.283. The molecule has 123 heavy (non-hydrogen) atoms. The highest BCUT2D eigenvalue weighted by atomic mass is 16.8. The van der Waals surface area contributed by atoms with Gasteiger partial charge in [0.15, 0.2) is 156 Å². The van der Waals surface area contributed by atoms with Gasteiger partial charge >= 0.3 is 53.7 Å². The summed E-state index contributed by atoms with van der Waals surface area (Å²) in [5, 5.41) is 289. The summed E-state index contributed by atoms with van der Waals surface area (Å²) >= 11 is 0. The predicted octanol–water partition coefficient (Wildman–Crippen LogP) is 2.77. The highest BCUT2D eigenvalue weighted by Gasteiger charge is 2.57. The van der Waals surface area contributed by atoms with E-state index in [9.17, 15) is 176 Å². The van der Waals surface area contributed by atoms with Gasteiger partial charge in [-0.3, -0.25) is 0 Å². The first-order chi connectivity index (χ1) is 57.8. The van der Waals surface area contributed by atoms with Crippen molar-refractivity contribution >= 4 is 53.7 Å². The second-order valence-electron chi connectivity index (χ2n) is 26.2. The van der Waals surface area contributed by atoms with Crippen LogP contribution in [0.1, 0.15) is 93.2 Å². The average Bonchev–Trinajstić information content (AvgIpc) is 1.67. The smallest absolute Gasteiger partial charge is 0.346 e. The molecule has 12 rings (SSSR count). The molecule has 2 fully saturated rings. The predicted molar refractivity (Wildman–Crippen MR) is 381 cm³/mol. The second kappa shape index (κ2) is 32.6. The number of phenols is 26. The summed E-state index contributed by atoms with van der Waals surface area (Å²) in [4.78, 5) is 130. The van der Waals surface area contributed by atoms with Crippen molar-refractivity contribution in [3.05, 3.63) is 141 Å². The Hall–Kier alpha value is -17.3. The van der Waals surface area contributed by atoms with Crippen LogP contribution in [0.5, 0.6) is 161 Å². The Labute approximate surface area is 677 Å². The molecule has 0 amide bonds. The van der Waals surface area contributed by atoms with Crippen LogP contribution < -0.4 is 4.74 Å². The Morgan fingerprint density at radius 3 is 1.01 bits per heavy atom. The average molecular weight is 1730 g/mol. The lowest BCUT2D eigenvalue weighted by Gasteiger charge is -2.43. The fourth-order valence-corrected chi connectivity index (χ4v) is 12.2. The number of aliphatic hydroxyl groups is 1. The Kier molecular flexibility index (Phi) is 22.6. The van der Waals surface area contributed by atoms with Crippen LogP contribution >= 0.6 is 0 Å². The molecule has 0 unspecified atom stereocenters. The molecule has 48 heteroatoms. The van der Waals surface area contributed by atoms with Crippen molar-refractivity contribution < 1.29 is 238 Å². The number of aliphatic hydroxyl groups excluding tert-OH is 1. The Bertz CT molecular complexity index is 5810. The van der Waals surface area contributed by atoms with Crippen molar-refractivity contribution in [2.45, 2.75) is 61.4 Å². The zero-order valence-electron chi connectivity index (χ0n) is 60.5. The van der Waals surface area contributed by atoms with Crippen LogP contribution in [0.2, 0.25) is 0 Å². The number of hydrogen-bond donors (Lipinski definition) is 27. The molecule has 0 aliphatic carbocycles. The molecule has 0 saturated carbocycles. The molecular weight excluding hydrogens is 1670 g/mol. The number of carbonyl (C=O) groups is 9. The van der Waals surface area contributed by atoms with Crippen molar-refractivity contribution in [1.29, 1.82) is 0 Å². The number of phenolic OH excluding ortho intramolecular Hbond substituents is 26. The number of hydrogen-bond acceptors (Lipinski definition) is 48. The Morgan fingerprint density at radius 2 is 0.618 bits per heavy atom. The van der Waals surface area contributed by atoms with Crippen molar-refractivity contribution in [2.75, 3.05) is 13.2 Å². The standard InChI is InChI=1S/C75H56O48/c76-26-1-18(2-27(77)47(26)90)65(103)118-61-56(99)42(115-74(122-69(107)22-9-34(84)51(94)35(85)10-22)63(61)120-67(105)20-5-30(80)49(92)31(81)6-20)16-113-73(111)46-40(15-39(89)54(97)59(46)102)114-41-14-25-45(58(101)55(41)98)44-24(13-38(88)53(96)57(44)100)71(109)112-17-43-60(117-72(25)110)62(119-66(104)19-3-28(78)48(91)29(79)4-19)64(121-68(106)21-7-32(82)50(93)33(83)8-21)75(116-43)123-70(108)23-11-36(86)52(95)37(87)12-23/h1-15,42-43,56,60-64,74-102H,16-17H2/t42-,43-,56-,60-,61+,62+,63-,64-,74+,75+/m1/s1. The minimum absolute atomic E-state index is 0.183. The third-order valence-corrected chi connectivity index (χ3v) is 18.3. The van der Waals surface area contributed by atoms with Crippen molar-refractivity contribution in [3.8, 4) is 172 Å². The fraction of sp³-hybridized carbons (Fsp3) is 0.160. The maximum absolute atomic E-state index is 15.7. The molecular formula is C75H56O48. The van der Waals surface area contributed by atoms with Crippen LogP contribution in [0, 0.1) is 0 Å². The van der Waals surface area contributed by atoms with Crippen LogP contribution in [0.15, 0.2) is 91.0 Å². The topological polar surface area (TPSA) is 811 Å². The zero-order valence-corrected chi connectivity index (χ0v) is 60.5. The van der Waals surface area contributed by atoms with Gasteiger partial charge in [-0.05, 0) is 78.9 Å². The number of fused-ring (bicyclic) bond motifs is 4. The summed E-state index contributed by atoms with van der Waals surface area (Å²) in [7, 11) is 0. The van der Waals surface area contributed by atoms with Gasteiger partial charge in [-0.15, -0.1) is 0 Å². The third kappa shape index (κ3) is 16.2. The lowest BCUT2D eigenvalue weighted by atomic mass is 9.91. The molecule has 0 spiro atoms. The molecule has 9 aromatic rings. The SMILES string of the molecule is O=C(O[C@@H]1O[C@@H]2COC(=O)c3cc(O)c(O)c(O)c3-c3c(cc(Oc4cc(O)c(O)c(O)c4C(=O)OC[C@H]4O[C@@H](OC(=O)c5cc(O)c(O)c(O)c5)[C@H](OC(=O)c5cc(O)c(O)c(O)c5)[C@@H](OC(=O)c5cc(O)c(O)c(O)c5)[C@@H]4O)c(O)c3O)C(=O)O[C@H]2[C@H](OC(=O)c2cc(O)c(O)c(O)c2)[C@H]1OC(=O)c1cc(O)c(O)c(O)c1)c1cc(O)c(O)c(O)c1. The molecule has 27 N–H and O–H groups in total. The van der Waals surface area contributed by atoms with Gasteiger partial charge in [0, 0.05) is 23.3 Å². The summed E-state index contributed by atoms with van der Waals surface area (Å²) in [6, 6.07) is 5.94. The van der Waals surface area contributed by atoms with E-state index in [0.717, 1.165) is 0 Å². The van der Waals surface area contributed by atoms with E-state index < -0.39 is 351 Å². The monoisotopic (exact) mass is 1720 g/mol. The summed E-state index contributed by atoms with van der Waals surface area (Å²) in [6.45, 7) is -3.17. The van der Waals surface area contributed by atoms with Crippen LogP contribution in [0.25, 0.3) is 11.1 Å². The summed E-state index contributed by atoms with van der Waals surface area (Å²) in [5.74, 6) is -55.7. The zero-order chi connectivity index (χ0) is 90.0. The first kappa shape index (κ1) is 85.1. The molecule has 0 aromatic heterocycles. The number of benzene rings is 9. The Balaban J connectivity index is 0.964. The van der Waals surface area contributed by atoms with Gasteiger partial charge in [0.25, 0.3) is 0 Å². The first-order valence-corrected chi connectivity index (χ1v) is 34.0. The normalized spacial score (nSPS) is 19.1. The third-order valence-electron chi connectivity index (χ3n) is 18.3. The van der Waals surface area contributed by atoms with Crippen LogP contribution in [-0.2, 0) is 52.1 Å². The van der Waals surface area contributed by atoms with Crippen LogP contribution in [0.4, 0.5) is 0 Å². The molecule has 10 atom stereocenters. The van der Waals surface area contributed by atoms with Crippen molar-refractivity contribution in [1.82, 2.24) is 0 Å². The van der Waals surface area contributed by atoms with Gasteiger partial charge in [0.2, 0.25) is 42.0 Å². The maximum Gasteiger partial charge on any atom is 0.346 e. The highest BCUT2D eigenvalue weighted by Crippen LogP contribution is 2.56. The number of esters is 9. The molecule has 0 bridgehead atoms. The van der Waals surface area contributed by atoms with Gasteiger partial charge in [-0.2, -0.15) is 0 Å².